The third kappa shape index (κ3) is 2.85. The van der Waals surface area contributed by atoms with Crippen LogP contribution >= 0.6 is 22.9 Å². The Balaban J connectivity index is 1.62. The van der Waals surface area contributed by atoms with Crippen LogP contribution in [0.15, 0.2) is 41.1 Å². The van der Waals surface area contributed by atoms with Gasteiger partial charge in [0.1, 0.15) is 0 Å². The van der Waals surface area contributed by atoms with E-state index in [9.17, 15) is 8.42 Å². The molecule has 7 nitrogen and oxygen atoms in total. The van der Waals surface area contributed by atoms with Crippen molar-refractivity contribution in [3.63, 3.8) is 0 Å². The fraction of sp³-hybridized carbons (Fsp3) is 0.333. The van der Waals surface area contributed by atoms with Crippen LogP contribution in [-0.2, 0) is 16.4 Å². The molecule has 1 fully saturated rings. The van der Waals surface area contributed by atoms with E-state index in [-0.39, 0.29) is 10.2 Å². The second kappa shape index (κ2) is 6.84. The van der Waals surface area contributed by atoms with Crippen molar-refractivity contribution in [2.45, 2.75) is 24.3 Å². The van der Waals surface area contributed by atoms with E-state index < -0.39 is 10.0 Å². The molecule has 10 heteroatoms. The van der Waals surface area contributed by atoms with Gasteiger partial charge in [0.2, 0.25) is 5.03 Å². The Morgan fingerprint density at radius 1 is 1.25 bits per heavy atom. The zero-order chi connectivity index (χ0) is 19.3. The fourth-order valence-corrected chi connectivity index (χ4v) is 6.62. The van der Waals surface area contributed by atoms with E-state index in [4.69, 9.17) is 11.6 Å². The zero-order valence-electron chi connectivity index (χ0n) is 15.0. The van der Waals surface area contributed by atoms with E-state index in [0.29, 0.717) is 16.0 Å². The maximum Gasteiger partial charge on any atom is 0.287 e. The number of nitrogens with zero attached hydrogens (tertiary/aromatic N) is 5. The molecule has 146 valence electrons. The highest BCUT2D eigenvalue weighted by molar-refractivity contribution is 7.90. The summed E-state index contributed by atoms with van der Waals surface area (Å²) < 4.78 is 29.8. The quantitative estimate of drug-likeness (QED) is 0.481. The second-order valence-corrected chi connectivity index (χ2v) is 9.85. The van der Waals surface area contributed by atoms with Crippen molar-refractivity contribution in [1.29, 1.82) is 0 Å². The fourth-order valence-electron chi connectivity index (χ4n) is 3.82. The van der Waals surface area contributed by atoms with Gasteiger partial charge in [0.15, 0.2) is 10.1 Å². The molecule has 0 N–H and O–H groups in total. The Bertz CT molecular complexity index is 1270. The van der Waals surface area contributed by atoms with Gasteiger partial charge in [-0.05, 0) is 50.0 Å². The number of hydrogen-bond donors (Lipinski definition) is 0. The third-order valence-electron chi connectivity index (χ3n) is 5.18. The lowest BCUT2D eigenvalue weighted by molar-refractivity contribution is 0.344. The van der Waals surface area contributed by atoms with Gasteiger partial charge in [0, 0.05) is 30.5 Å². The summed E-state index contributed by atoms with van der Waals surface area (Å²) in [6, 6.07) is 3.52. The maximum atomic E-state index is 13.5. The minimum absolute atomic E-state index is 0.0164. The van der Waals surface area contributed by atoms with E-state index in [1.54, 1.807) is 36.1 Å². The van der Waals surface area contributed by atoms with Crippen LogP contribution in [0.4, 0.5) is 0 Å². The average Bonchev–Trinajstić information content (AvgIpc) is 3.43. The summed E-state index contributed by atoms with van der Waals surface area (Å²) >= 11 is 7.55. The van der Waals surface area contributed by atoms with E-state index in [0.717, 1.165) is 31.6 Å². The molecular formula is C18H18ClN5O2S2. The standard InChI is InChI=1S/C18H18ClN5O2S2/c19-16-17(23-10-11-27-18(23)21-16)28(25,26)24-12-13(5-9-22-7-1-2-8-22)15-14(24)4-3-6-20-15/h3-4,6,10-12H,1-2,5,7-9H2. The molecule has 0 spiro atoms. The van der Waals surface area contributed by atoms with Crippen molar-refractivity contribution in [1.82, 2.24) is 23.2 Å². The molecule has 28 heavy (non-hydrogen) atoms. The van der Waals surface area contributed by atoms with Crippen LogP contribution in [-0.4, -0.2) is 51.3 Å². The number of hydrogen-bond acceptors (Lipinski definition) is 6. The summed E-state index contributed by atoms with van der Waals surface area (Å²) in [5, 5.41) is 1.75. The van der Waals surface area contributed by atoms with Crippen LogP contribution in [0.5, 0.6) is 0 Å². The SMILES string of the molecule is O=S(=O)(c1c(Cl)nc2sccn12)n1cc(CCN2CCCC2)c2ncccc21. The van der Waals surface area contributed by atoms with Crippen LogP contribution in [0.25, 0.3) is 16.0 Å². The van der Waals surface area contributed by atoms with Gasteiger partial charge in [-0.15, -0.1) is 11.3 Å². The number of aromatic nitrogens is 4. The molecule has 1 aliphatic heterocycles. The Hall–Kier alpha value is -1.94. The lowest BCUT2D eigenvalue weighted by atomic mass is 10.2. The van der Waals surface area contributed by atoms with Crippen LogP contribution in [0, 0.1) is 0 Å². The summed E-state index contributed by atoms with van der Waals surface area (Å²) in [4.78, 5) is 11.6. The van der Waals surface area contributed by atoms with Gasteiger partial charge >= 0.3 is 0 Å². The van der Waals surface area contributed by atoms with E-state index in [1.165, 1.54) is 32.6 Å². The van der Waals surface area contributed by atoms with Crippen LogP contribution in [0.3, 0.4) is 0 Å². The highest BCUT2D eigenvalue weighted by Gasteiger charge is 2.29. The second-order valence-electron chi connectivity index (χ2n) is 6.89. The Labute approximate surface area is 171 Å². The van der Waals surface area contributed by atoms with E-state index in [1.807, 2.05) is 0 Å². The average molecular weight is 436 g/mol. The molecule has 0 saturated carbocycles. The summed E-state index contributed by atoms with van der Waals surface area (Å²) in [5.74, 6) is 0. The molecule has 4 aromatic rings. The van der Waals surface area contributed by atoms with Gasteiger partial charge in [-0.1, -0.05) is 11.6 Å². The van der Waals surface area contributed by atoms with E-state index >= 15 is 0 Å². The number of imidazole rings is 1. The maximum absolute atomic E-state index is 13.5. The first-order chi connectivity index (χ1) is 13.6. The molecule has 5 rings (SSSR count). The van der Waals surface area contributed by atoms with Gasteiger partial charge in [0.05, 0.1) is 11.0 Å². The van der Waals surface area contributed by atoms with Gasteiger partial charge in [0.25, 0.3) is 10.0 Å². The van der Waals surface area contributed by atoms with Crippen molar-refractivity contribution in [2.75, 3.05) is 19.6 Å². The number of halogens is 1. The molecule has 0 bridgehead atoms. The van der Waals surface area contributed by atoms with Crippen molar-refractivity contribution in [2.24, 2.45) is 0 Å². The number of fused-ring (bicyclic) bond motifs is 2. The molecular weight excluding hydrogens is 418 g/mol. The number of likely N-dealkylation sites (tertiary alicyclic amines) is 1. The minimum atomic E-state index is -3.93. The molecule has 0 aromatic carbocycles. The van der Waals surface area contributed by atoms with Gasteiger partial charge in [-0.2, -0.15) is 8.42 Å². The van der Waals surface area contributed by atoms with Crippen LogP contribution in [0.2, 0.25) is 5.15 Å². The summed E-state index contributed by atoms with van der Waals surface area (Å²) in [7, 11) is -3.93. The van der Waals surface area contributed by atoms with Crippen molar-refractivity contribution in [3.05, 3.63) is 46.8 Å². The highest BCUT2D eigenvalue weighted by Crippen LogP contribution is 2.30. The highest BCUT2D eigenvalue weighted by atomic mass is 35.5. The Morgan fingerprint density at radius 3 is 2.89 bits per heavy atom. The molecule has 0 amide bonds. The Morgan fingerprint density at radius 2 is 2.07 bits per heavy atom. The van der Waals surface area contributed by atoms with Crippen LogP contribution < -0.4 is 0 Å². The zero-order valence-corrected chi connectivity index (χ0v) is 17.3. The van der Waals surface area contributed by atoms with Gasteiger partial charge in [-0.25, -0.2) is 8.96 Å². The first-order valence-corrected chi connectivity index (χ1v) is 11.8. The number of pyridine rings is 1. The first-order valence-electron chi connectivity index (χ1n) is 9.09. The predicted molar refractivity (Wildman–Crippen MR) is 110 cm³/mol. The van der Waals surface area contributed by atoms with E-state index in [2.05, 4.69) is 14.9 Å². The molecule has 0 radical (unpaired) electrons. The van der Waals surface area contributed by atoms with Crippen LogP contribution in [0.1, 0.15) is 18.4 Å². The molecule has 0 aliphatic carbocycles. The summed E-state index contributed by atoms with van der Waals surface area (Å²) in [5.41, 5.74) is 2.20. The monoisotopic (exact) mass is 435 g/mol. The first kappa shape index (κ1) is 18.1. The molecule has 0 unspecified atom stereocenters. The van der Waals surface area contributed by atoms with Gasteiger partial charge in [-0.3, -0.25) is 9.38 Å². The smallest absolute Gasteiger partial charge is 0.287 e. The van der Waals surface area contributed by atoms with Crippen molar-refractivity contribution in [3.8, 4) is 0 Å². The van der Waals surface area contributed by atoms with Crippen molar-refractivity contribution >= 4 is 49.0 Å². The topological polar surface area (TPSA) is 72.5 Å². The number of thiazole rings is 1. The third-order valence-corrected chi connectivity index (χ3v) is 8.01. The summed E-state index contributed by atoms with van der Waals surface area (Å²) in [6.07, 6.45) is 8.26. The number of rotatable bonds is 5. The molecule has 4 aromatic heterocycles. The van der Waals surface area contributed by atoms with Gasteiger partial charge < -0.3 is 4.90 Å². The Kier molecular flexibility index (Phi) is 4.42. The summed E-state index contributed by atoms with van der Waals surface area (Å²) in [6.45, 7) is 3.11. The largest absolute Gasteiger partial charge is 0.303 e. The van der Waals surface area contributed by atoms with Crippen molar-refractivity contribution < 1.29 is 8.42 Å². The normalized spacial score (nSPS) is 15.9. The predicted octanol–water partition coefficient (Wildman–Crippen LogP) is 3.27. The minimum Gasteiger partial charge on any atom is -0.303 e. The lowest BCUT2D eigenvalue weighted by Crippen LogP contribution is -2.21. The molecule has 1 saturated heterocycles. The molecule has 0 atom stereocenters. The molecule has 1 aliphatic rings. The molecule has 5 heterocycles. The lowest BCUT2D eigenvalue weighted by Gasteiger charge is -2.13.